The van der Waals surface area contributed by atoms with Gasteiger partial charge in [0, 0.05) is 34.7 Å². The van der Waals surface area contributed by atoms with Crippen LogP contribution >= 0.6 is 23.1 Å². The second-order valence-electron chi connectivity index (χ2n) is 7.88. The van der Waals surface area contributed by atoms with E-state index >= 15 is 0 Å². The molecule has 0 spiro atoms. The predicted octanol–water partition coefficient (Wildman–Crippen LogP) is 5.95. The van der Waals surface area contributed by atoms with E-state index in [2.05, 4.69) is 25.5 Å². The molecule has 0 saturated carbocycles. The van der Waals surface area contributed by atoms with Crippen LogP contribution in [0.1, 0.15) is 26.6 Å². The molecule has 7 nitrogen and oxygen atoms in total. The molecule has 0 bridgehead atoms. The minimum Gasteiger partial charge on any atom is -0.321 e. The Kier molecular flexibility index (Phi) is 6.69. The molecule has 2 aromatic carbocycles. The molecule has 3 aromatic heterocycles. The van der Waals surface area contributed by atoms with Gasteiger partial charge in [0.05, 0.1) is 5.75 Å². The van der Waals surface area contributed by atoms with Gasteiger partial charge >= 0.3 is 0 Å². The lowest BCUT2D eigenvalue weighted by atomic mass is 10.1. The number of aromatic nitrogens is 5. The van der Waals surface area contributed by atoms with E-state index < -0.39 is 0 Å². The number of pyridine rings is 1. The highest BCUT2D eigenvalue weighted by atomic mass is 32.2. The topological polar surface area (TPSA) is 85.6 Å². The summed E-state index contributed by atoms with van der Waals surface area (Å²) in [6.07, 6.45) is 3.48. The Morgan fingerprint density at radius 3 is 2.57 bits per heavy atom. The third-order valence-electron chi connectivity index (χ3n) is 5.46. The first-order valence-electron chi connectivity index (χ1n) is 11.0. The van der Waals surface area contributed by atoms with Crippen molar-refractivity contribution in [2.45, 2.75) is 24.8 Å². The molecule has 3 heterocycles. The highest BCUT2D eigenvalue weighted by Crippen LogP contribution is 2.30. The Morgan fingerprint density at radius 1 is 1.00 bits per heavy atom. The number of thiazole rings is 1. The number of anilines is 1. The van der Waals surface area contributed by atoms with E-state index in [-0.39, 0.29) is 5.91 Å². The minimum absolute atomic E-state index is 0.215. The van der Waals surface area contributed by atoms with Crippen LogP contribution in [0.15, 0.2) is 83.6 Å². The van der Waals surface area contributed by atoms with E-state index in [1.807, 2.05) is 79.1 Å². The van der Waals surface area contributed by atoms with E-state index in [4.69, 9.17) is 0 Å². The molecule has 5 aromatic rings. The average Bonchev–Trinajstić information content (AvgIpc) is 3.53. The van der Waals surface area contributed by atoms with Gasteiger partial charge in [-0.1, -0.05) is 36.0 Å². The predicted molar refractivity (Wildman–Crippen MR) is 140 cm³/mol. The fraction of sp³-hybridized carbons (Fsp3) is 0.115. The smallest absolute Gasteiger partial charge is 0.275 e. The van der Waals surface area contributed by atoms with Crippen LogP contribution in [0.2, 0.25) is 0 Å². The summed E-state index contributed by atoms with van der Waals surface area (Å²) in [5.74, 6) is 1.10. The fourth-order valence-corrected chi connectivity index (χ4v) is 5.23. The summed E-state index contributed by atoms with van der Waals surface area (Å²) >= 11 is 2.99. The average molecular weight is 499 g/mol. The summed E-state index contributed by atoms with van der Waals surface area (Å²) < 4.78 is 2.03. The first kappa shape index (κ1) is 22.9. The van der Waals surface area contributed by atoms with Crippen molar-refractivity contribution in [3.8, 4) is 17.1 Å². The third kappa shape index (κ3) is 5.16. The minimum atomic E-state index is -0.215. The van der Waals surface area contributed by atoms with Crippen LogP contribution in [0.3, 0.4) is 0 Å². The lowest BCUT2D eigenvalue weighted by Gasteiger charge is -2.09. The van der Waals surface area contributed by atoms with Gasteiger partial charge in [0.15, 0.2) is 11.0 Å². The number of aryl methyl sites for hydroxylation is 2. The van der Waals surface area contributed by atoms with E-state index in [0.29, 0.717) is 11.4 Å². The van der Waals surface area contributed by atoms with E-state index in [9.17, 15) is 4.79 Å². The highest BCUT2D eigenvalue weighted by molar-refractivity contribution is 7.98. The quantitative estimate of drug-likeness (QED) is 0.279. The Hall–Kier alpha value is -3.82. The molecule has 1 N–H and O–H groups in total. The third-order valence-corrected chi connectivity index (χ3v) is 7.43. The number of hydrogen-bond donors (Lipinski definition) is 1. The Balaban J connectivity index is 1.33. The number of hydrogen-bond acceptors (Lipinski definition) is 7. The van der Waals surface area contributed by atoms with Crippen molar-refractivity contribution in [3.63, 3.8) is 0 Å². The molecule has 0 aliphatic carbocycles. The summed E-state index contributed by atoms with van der Waals surface area (Å²) in [5.41, 5.74) is 5.40. The Morgan fingerprint density at radius 2 is 1.80 bits per heavy atom. The maximum absolute atomic E-state index is 12.7. The molecule has 5 rings (SSSR count). The molecule has 1 amide bonds. The maximum atomic E-state index is 12.7. The molecule has 0 unspecified atom stereocenters. The molecule has 0 aliphatic rings. The fourth-order valence-electron chi connectivity index (χ4n) is 3.48. The number of rotatable bonds is 7. The van der Waals surface area contributed by atoms with Crippen LogP contribution in [-0.2, 0) is 5.75 Å². The Bertz CT molecular complexity index is 1460. The van der Waals surface area contributed by atoms with Crippen molar-refractivity contribution in [1.82, 2.24) is 24.7 Å². The molecule has 9 heteroatoms. The van der Waals surface area contributed by atoms with Gasteiger partial charge in [-0.05, 0) is 61.4 Å². The zero-order chi connectivity index (χ0) is 24.2. The van der Waals surface area contributed by atoms with Crippen LogP contribution < -0.4 is 5.32 Å². The second kappa shape index (κ2) is 10.2. The van der Waals surface area contributed by atoms with E-state index in [1.165, 1.54) is 28.7 Å². The number of amides is 1. The number of nitrogens with zero attached hydrogens (tertiary/aromatic N) is 5. The van der Waals surface area contributed by atoms with Crippen molar-refractivity contribution in [1.29, 1.82) is 0 Å². The molecule has 0 radical (unpaired) electrons. The summed E-state index contributed by atoms with van der Waals surface area (Å²) in [6, 6.07) is 19.7. The van der Waals surface area contributed by atoms with Gasteiger partial charge in [-0.25, -0.2) is 4.98 Å². The number of thioether (sulfide) groups is 1. The van der Waals surface area contributed by atoms with E-state index in [1.54, 1.807) is 17.8 Å². The normalized spacial score (nSPS) is 10.9. The van der Waals surface area contributed by atoms with Crippen LogP contribution in [0.5, 0.6) is 0 Å². The molecule has 0 aliphatic heterocycles. The number of para-hydroxylation sites is 1. The van der Waals surface area contributed by atoms with Crippen LogP contribution in [0, 0.1) is 13.8 Å². The second-order valence-corrected chi connectivity index (χ2v) is 9.77. The standard InChI is InChI=1S/C26H22N6OS2/c1-17-8-9-20(14-18(17)2)28-25(33)22-15-34-23(29-22)16-35-26-31-30-24(19-10-12-27-13-11-19)32(26)21-6-4-3-5-7-21/h3-15H,16H2,1-2H3,(H,28,33). The monoisotopic (exact) mass is 498 g/mol. The molecule has 0 fully saturated rings. The lowest BCUT2D eigenvalue weighted by Crippen LogP contribution is -2.12. The molecule has 35 heavy (non-hydrogen) atoms. The summed E-state index contributed by atoms with van der Waals surface area (Å²) in [4.78, 5) is 21.3. The summed E-state index contributed by atoms with van der Waals surface area (Å²) in [6.45, 7) is 4.07. The molecular weight excluding hydrogens is 476 g/mol. The number of carbonyl (C=O) groups excluding carboxylic acids is 1. The van der Waals surface area contributed by atoms with Crippen molar-refractivity contribution >= 4 is 34.7 Å². The van der Waals surface area contributed by atoms with Gasteiger partial charge < -0.3 is 5.32 Å². The van der Waals surface area contributed by atoms with Crippen LogP contribution in [-0.4, -0.2) is 30.6 Å². The molecule has 0 saturated heterocycles. The zero-order valence-electron chi connectivity index (χ0n) is 19.2. The highest BCUT2D eigenvalue weighted by Gasteiger charge is 2.17. The number of benzene rings is 2. The van der Waals surface area contributed by atoms with Crippen molar-refractivity contribution < 1.29 is 4.79 Å². The van der Waals surface area contributed by atoms with Crippen LogP contribution in [0.25, 0.3) is 17.1 Å². The molecule has 174 valence electrons. The van der Waals surface area contributed by atoms with E-state index in [0.717, 1.165) is 38.5 Å². The summed E-state index contributed by atoms with van der Waals surface area (Å²) in [7, 11) is 0. The Labute approximate surface area is 211 Å². The largest absolute Gasteiger partial charge is 0.321 e. The van der Waals surface area contributed by atoms with Gasteiger partial charge in [0.25, 0.3) is 5.91 Å². The van der Waals surface area contributed by atoms with Crippen molar-refractivity contribution in [3.05, 3.63) is 100 Å². The molecular formula is C26H22N6OS2. The molecule has 0 atom stereocenters. The lowest BCUT2D eigenvalue weighted by molar-refractivity contribution is 0.102. The summed E-state index contributed by atoms with van der Waals surface area (Å²) in [5, 5.41) is 15.2. The van der Waals surface area contributed by atoms with Gasteiger partial charge in [0.2, 0.25) is 0 Å². The first-order chi connectivity index (χ1) is 17.1. The number of carbonyl (C=O) groups is 1. The van der Waals surface area contributed by atoms with Gasteiger partial charge in [-0.15, -0.1) is 21.5 Å². The van der Waals surface area contributed by atoms with Gasteiger partial charge in [-0.3, -0.25) is 14.3 Å². The maximum Gasteiger partial charge on any atom is 0.275 e. The van der Waals surface area contributed by atoms with Crippen molar-refractivity contribution in [2.75, 3.05) is 5.32 Å². The zero-order valence-corrected chi connectivity index (χ0v) is 20.8. The van der Waals surface area contributed by atoms with Crippen molar-refractivity contribution in [2.24, 2.45) is 0 Å². The SMILES string of the molecule is Cc1ccc(NC(=O)c2csc(CSc3nnc(-c4ccncc4)n3-c3ccccc3)n2)cc1C. The first-order valence-corrected chi connectivity index (χ1v) is 12.8. The van der Waals surface area contributed by atoms with Gasteiger partial charge in [-0.2, -0.15) is 0 Å². The van der Waals surface area contributed by atoms with Gasteiger partial charge in [0.1, 0.15) is 10.7 Å². The number of nitrogens with one attached hydrogen (secondary N) is 1. The van der Waals surface area contributed by atoms with Crippen LogP contribution in [0.4, 0.5) is 5.69 Å².